The van der Waals surface area contributed by atoms with E-state index in [2.05, 4.69) is 5.32 Å². The van der Waals surface area contributed by atoms with E-state index < -0.39 is 11.9 Å². The van der Waals surface area contributed by atoms with Crippen LogP contribution in [0.4, 0.5) is 5.69 Å². The number of carbonyl (C=O) groups excluding carboxylic acids is 3. The molecule has 0 aliphatic carbocycles. The van der Waals surface area contributed by atoms with Gasteiger partial charge in [-0.25, -0.2) is 0 Å². The van der Waals surface area contributed by atoms with Crippen LogP contribution in [0.1, 0.15) is 20.7 Å². The SMILES string of the molecule is COc1ccc(C(N)=O)cc1NC(=O)[C@@H]1CSCN1C(=O)c1ccccc1. The van der Waals surface area contributed by atoms with Crippen LogP contribution in [-0.4, -0.2) is 47.4 Å². The maximum atomic E-state index is 12.8. The molecule has 1 atom stereocenters. The maximum absolute atomic E-state index is 12.8. The zero-order chi connectivity index (χ0) is 19.4. The van der Waals surface area contributed by atoms with E-state index in [-0.39, 0.29) is 17.4 Å². The standard InChI is InChI=1S/C19H19N3O4S/c1-26-16-8-7-13(17(20)23)9-14(16)21-18(24)15-10-27-11-22(15)19(25)12-5-3-2-4-6-12/h2-9,15H,10-11H2,1H3,(H2,20,23)(H,21,24)/t15-/m0/s1. The molecule has 2 aromatic rings. The minimum absolute atomic E-state index is 0.196. The Labute approximate surface area is 160 Å². The highest BCUT2D eigenvalue weighted by Gasteiger charge is 2.35. The lowest BCUT2D eigenvalue weighted by atomic mass is 10.1. The third-order valence-electron chi connectivity index (χ3n) is 4.21. The Morgan fingerprint density at radius 2 is 1.89 bits per heavy atom. The molecule has 2 aromatic carbocycles. The van der Waals surface area contributed by atoms with E-state index in [1.807, 2.05) is 6.07 Å². The van der Waals surface area contributed by atoms with Gasteiger partial charge < -0.3 is 20.7 Å². The van der Waals surface area contributed by atoms with Gasteiger partial charge in [0.05, 0.1) is 18.7 Å². The minimum atomic E-state index is -0.621. The minimum Gasteiger partial charge on any atom is -0.495 e. The van der Waals surface area contributed by atoms with E-state index in [1.54, 1.807) is 35.2 Å². The topological polar surface area (TPSA) is 102 Å². The molecule has 3 amide bonds. The van der Waals surface area contributed by atoms with Gasteiger partial charge in [-0.15, -0.1) is 11.8 Å². The zero-order valence-corrected chi connectivity index (χ0v) is 15.5. The molecule has 1 heterocycles. The molecule has 7 nitrogen and oxygen atoms in total. The lowest BCUT2D eigenvalue weighted by Gasteiger charge is -2.23. The van der Waals surface area contributed by atoms with Gasteiger partial charge in [-0.05, 0) is 30.3 Å². The summed E-state index contributed by atoms with van der Waals surface area (Å²) in [6.07, 6.45) is 0. The second-order valence-electron chi connectivity index (χ2n) is 5.93. The first-order valence-corrected chi connectivity index (χ1v) is 9.39. The molecular formula is C19H19N3O4S. The predicted octanol–water partition coefficient (Wildman–Crippen LogP) is 1.95. The number of rotatable bonds is 5. The summed E-state index contributed by atoms with van der Waals surface area (Å²) in [7, 11) is 1.46. The van der Waals surface area contributed by atoms with Gasteiger partial charge in [0.2, 0.25) is 11.8 Å². The summed E-state index contributed by atoms with van der Waals surface area (Å²) >= 11 is 1.51. The number of nitrogens with zero attached hydrogens (tertiary/aromatic N) is 1. The molecule has 0 unspecified atom stereocenters. The Balaban J connectivity index is 1.80. The van der Waals surface area contributed by atoms with Crippen molar-refractivity contribution in [3.05, 3.63) is 59.7 Å². The normalized spacial score (nSPS) is 16.0. The average molecular weight is 385 g/mol. The number of carbonyl (C=O) groups is 3. The van der Waals surface area contributed by atoms with Gasteiger partial charge in [-0.3, -0.25) is 14.4 Å². The lowest BCUT2D eigenvalue weighted by molar-refractivity contribution is -0.119. The van der Waals surface area contributed by atoms with Crippen molar-refractivity contribution in [3.8, 4) is 5.75 Å². The molecule has 0 aromatic heterocycles. The van der Waals surface area contributed by atoms with Gasteiger partial charge in [-0.1, -0.05) is 18.2 Å². The molecule has 3 rings (SSSR count). The van der Waals surface area contributed by atoms with Crippen molar-refractivity contribution in [1.29, 1.82) is 0 Å². The highest BCUT2D eigenvalue weighted by atomic mass is 32.2. The van der Waals surface area contributed by atoms with Crippen molar-refractivity contribution in [2.75, 3.05) is 24.1 Å². The van der Waals surface area contributed by atoms with E-state index in [1.165, 1.54) is 31.0 Å². The highest BCUT2D eigenvalue weighted by Crippen LogP contribution is 2.28. The molecule has 140 valence electrons. The molecule has 1 saturated heterocycles. The summed E-state index contributed by atoms with van der Waals surface area (Å²) in [5.41, 5.74) is 6.43. The molecule has 27 heavy (non-hydrogen) atoms. The van der Waals surface area contributed by atoms with E-state index in [0.29, 0.717) is 28.6 Å². The summed E-state index contributed by atoms with van der Waals surface area (Å²) < 4.78 is 5.23. The van der Waals surface area contributed by atoms with Crippen LogP contribution in [0.3, 0.4) is 0 Å². The second kappa shape index (κ2) is 8.13. The van der Waals surface area contributed by atoms with Gasteiger partial charge in [0, 0.05) is 16.9 Å². The Morgan fingerprint density at radius 1 is 1.15 bits per heavy atom. The predicted molar refractivity (Wildman–Crippen MR) is 104 cm³/mol. The number of amides is 3. The van der Waals surface area contributed by atoms with Crippen LogP contribution in [0.15, 0.2) is 48.5 Å². The summed E-state index contributed by atoms with van der Waals surface area (Å²) in [5.74, 6) is 0.181. The van der Waals surface area contributed by atoms with Crippen LogP contribution < -0.4 is 15.8 Å². The molecule has 0 bridgehead atoms. The first-order chi connectivity index (χ1) is 13.0. The van der Waals surface area contributed by atoms with Crippen LogP contribution in [0.5, 0.6) is 5.75 Å². The maximum Gasteiger partial charge on any atom is 0.255 e. The molecular weight excluding hydrogens is 366 g/mol. The molecule has 8 heteroatoms. The first-order valence-electron chi connectivity index (χ1n) is 8.23. The van der Waals surface area contributed by atoms with Crippen molar-refractivity contribution in [2.24, 2.45) is 5.73 Å². The molecule has 0 saturated carbocycles. The fourth-order valence-electron chi connectivity index (χ4n) is 2.78. The van der Waals surface area contributed by atoms with Crippen LogP contribution >= 0.6 is 11.8 Å². The number of nitrogens with one attached hydrogen (secondary N) is 1. The number of hydrogen-bond acceptors (Lipinski definition) is 5. The number of ether oxygens (including phenoxy) is 1. The number of nitrogens with two attached hydrogens (primary N) is 1. The lowest BCUT2D eigenvalue weighted by Crippen LogP contribution is -2.44. The zero-order valence-electron chi connectivity index (χ0n) is 14.7. The molecule has 1 aliphatic rings. The van der Waals surface area contributed by atoms with Crippen molar-refractivity contribution in [1.82, 2.24) is 4.90 Å². The number of anilines is 1. The Kier molecular flexibility index (Phi) is 5.66. The fourth-order valence-corrected chi connectivity index (χ4v) is 3.94. The van der Waals surface area contributed by atoms with Crippen LogP contribution in [0.25, 0.3) is 0 Å². The number of methoxy groups -OCH3 is 1. The summed E-state index contributed by atoms with van der Waals surface area (Å²) in [5, 5.41) is 2.76. The Hall–Kier alpha value is -3.00. The molecule has 0 spiro atoms. The monoisotopic (exact) mass is 385 g/mol. The van der Waals surface area contributed by atoms with Crippen LogP contribution in [0.2, 0.25) is 0 Å². The number of benzene rings is 2. The summed E-state index contributed by atoms with van der Waals surface area (Å²) in [6, 6.07) is 12.8. The van der Waals surface area contributed by atoms with Crippen molar-refractivity contribution >= 4 is 35.2 Å². The molecule has 3 N–H and O–H groups in total. The molecule has 0 radical (unpaired) electrons. The van der Waals surface area contributed by atoms with Crippen molar-refractivity contribution < 1.29 is 19.1 Å². The Bertz CT molecular complexity index is 873. The summed E-state index contributed by atoms with van der Waals surface area (Å²) in [6.45, 7) is 0. The van der Waals surface area contributed by atoms with Gasteiger partial charge in [0.1, 0.15) is 11.8 Å². The fraction of sp³-hybridized carbons (Fsp3) is 0.211. The second-order valence-corrected chi connectivity index (χ2v) is 6.92. The van der Waals surface area contributed by atoms with E-state index in [9.17, 15) is 14.4 Å². The van der Waals surface area contributed by atoms with Gasteiger partial charge >= 0.3 is 0 Å². The smallest absolute Gasteiger partial charge is 0.255 e. The van der Waals surface area contributed by atoms with Gasteiger partial charge in [-0.2, -0.15) is 0 Å². The van der Waals surface area contributed by atoms with E-state index >= 15 is 0 Å². The molecule has 1 fully saturated rings. The average Bonchev–Trinajstić information content (AvgIpc) is 3.18. The van der Waals surface area contributed by atoms with Crippen molar-refractivity contribution in [3.63, 3.8) is 0 Å². The van der Waals surface area contributed by atoms with Gasteiger partial charge in [0.25, 0.3) is 5.91 Å². The first kappa shape index (κ1) is 18.8. The van der Waals surface area contributed by atoms with E-state index in [0.717, 1.165) is 0 Å². The summed E-state index contributed by atoms with van der Waals surface area (Å²) in [4.78, 5) is 38.5. The third kappa shape index (κ3) is 4.06. The van der Waals surface area contributed by atoms with Crippen LogP contribution in [-0.2, 0) is 4.79 Å². The molecule has 1 aliphatic heterocycles. The largest absolute Gasteiger partial charge is 0.495 e. The quantitative estimate of drug-likeness (QED) is 0.819. The number of thioether (sulfide) groups is 1. The van der Waals surface area contributed by atoms with E-state index in [4.69, 9.17) is 10.5 Å². The third-order valence-corrected chi connectivity index (χ3v) is 5.22. The van der Waals surface area contributed by atoms with Gasteiger partial charge in [0.15, 0.2) is 0 Å². The van der Waals surface area contributed by atoms with Crippen LogP contribution in [0, 0.1) is 0 Å². The Morgan fingerprint density at radius 3 is 2.56 bits per heavy atom. The highest BCUT2D eigenvalue weighted by molar-refractivity contribution is 7.99. The number of hydrogen-bond donors (Lipinski definition) is 2. The number of primary amides is 1. The van der Waals surface area contributed by atoms with Crippen molar-refractivity contribution in [2.45, 2.75) is 6.04 Å².